The lowest BCUT2D eigenvalue weighted by Gasteiger charge is -2.34. The molecule has 1 heterocycles. The maximum absolute atomic E-state index is 11.9. The Kier molecular flexibility index (Phi) is 6.75. The minimum atomic E-state index is -0.657. The summed E-state index contributed by atoms with van der Waals surface area (Å²) in [4.78, 5) is 14.2. The highest BCUT2D eigenvalue weighted by Crippen LogP contribution is 2.19. The Hall–Kier alpha value is -0.650. The molecule has 0 radical (unpaired) electrons. The van der Waals surface area contributed by atoms with Crippen LogP contribution in [0.4, 0.5) is 0 Å². The molecule has 0 aliphatic carbocycles. The first-order valence-electron chi connectivity index (χ1n) is 7.14. The Morgan fingerprint density at radius 3 is 2.58 bits per heavy atom. The number of ether oxygens (including phenoxy) is 1. The largest absolute Gasteiger partial charge is 0.389 e. The molecule has 0 bridgehead atoms. The van der Waals surface area contributed by atoms with Crippen LogP contribution in [-0.4, -0.2) is 61.4 Å². The first-order valence-corrected chi connectivity index (χ1v) is 7.14. The van der Waals surface area contributed by atoms with Gasteiger partial charge in [-0.05, 0) is 46.2 Å². The Balaban J connectivity index is 2.20. The van der Waals surface area contributed by atoms with E-state index in [4.69, 9.17) is 4.74 Å². The van der Waals surface area contributed by atoms with Crippen LogP contribution in [0.1, 0.15) is 33.1 Å². The molecule has 0 aromatic carbocycles. The van der Waals surface area contributed by atoms with E-state index in [-0.39, 0.29) is 11.8 Å². The van der Waals surface area contributed by atoms with Crippen molar-refractivity contribution in [3.63, 3.8) is 0 Å². The van der Waals surface area contributed by atoms with Gasteiger partial charge in [-0.15, -0.1) is 0 Å². The Labute approximate surface area is 116 Å². The van der Waals surface area contributed by atoms with Gasteiger partial charge in [-0.2, -0.15) is 0 Å². The number of nitrogens with zero attached hydrogens (tertiary/aromatic N) is 1. The molecule has 1 aliphatic rings. The molecule has 0 aromatic rings. The molecule has 1 saturated heterocycles. The lowest BCUT2D eigenvalue weighted by atomic mass is 9.95. The quantitative estimate of drug-likeness (QED) is 0.667. The van der Waals surface area contributed by atoms with E-state index in [0.717, 1.165) is 32.4 Å². The summed E-state index contributed by atoms with van der Waals surface area (Å²) in [5, 5.41) is 12.7. The zero-order chi connectivity index (χ0) is 14.3. The third kappa shape index (κ3) is 6.89. The summed E-state index contributed by atoms with van der Waals surface area (Å²) in [6.45, 7) is 7.47. The van der Waals surface area contributed by atoms with Gasteiger partial charge < -0.3 is 20.1 Å². The number of carbonyl (C=O) groups is 1. The van der Waals surface area contributed by atoms with Gasteiger partial charge in [0.1, 0.15) is 0 Å². The van der Waals surface area contributed by atoms with E-state index in [2.05, 4.69) is 10.2 Å². The molecule has 1 amide bonds. The van der Waals surface area contributed by atoms with Crippen LogP contribution in [0.5, 0.6) is 0 Å². The van der Waals surface area contributed by atoms with Crippen molar-refractivity contribution < 1.29 is 14.6 Å². The average molecular weight is 272 g/mol. The van der Waals surface area contributed by atoms with Crippen LogP contribution in [0.3, 0.4) is 0 Å². The van der Waals surface area contributed by atoms with Crippen molar-refractivity contribution in [2.24, 2.45) is 5.92 Å². The number of amides is 1. The van der Waals surface area contributed by atoms with Gasteiger partial charge in [-0.1, -0.05) is 0 Å². The first-order chi connectivity index (χ1) is 8.92. The van der Waals surface area contributed by atoms with Crippen LogP contribution in [0.15, 0.2) is 0 Å². The van der Waals surface area contributed by atoms with E-state index in [1.165, 1.54) is 0 Å². The summed E-state index contributed by atoms with van der Waals surface area (Å²) in [6, 6.07) is 0. The van der Waals surface area contributed by atoms with Gasteiger partial charge in [0, 0.05) is 32.7 Å². The Bertz CT molecular complexity index is 268. The van der Waals surface area contributed by atoms with E-state index in [9.17, 15) is 9.90 Å². The van der Waals surface area contributed by atoms with Crippen molar-refractivity contribution in [1.29, 1.82) is 0 Å². The highest BCUT2D eigenvalue weighted by atomic mass is 16.5. The normalized spacial score (nSPS) is 18.5. The number of carbonyl (C=O) groups excluding carboxylic acids is 1. The monoisotopic (exact) mass is 272 g/mol. The molecule has 0 atom stereocenters. The van der Waals surface area contributed by atoms with Gasteiger partial charge in [-0.3, -0.25) is 4.79 Å². The predicted molar refractivity (Wildman–Crippen MR) is 75.0 cm³/mol. The maximum atomic E-state index is 11.9. The van der Waals surface area contributed by atoms with Gasteiger partial charge in [0.2, 0.25) is 5.91 Å². The van der Waals surface area contributed by atoms with Crippen molar-refractivity contribution in [2.75, 3.05) is 39.9 Å². The molecule has 2 N–H and O–H groups in total. The maximum Gasteiger partial charge on any atom is 0.223 e. The number of piperidine rings is 1. The molecule has 0 aromatic heterocycles. The van der Waals surface area contributed by atoms with Gasteiger partial charge in [0.25, 0.3) is 0 Å². The smallest absolute Gasteiger partial charge is 0.223 e. The second kappa shape index (κ2) is 7.82. The van der Waals surface area contributed by atoms with Crippen molar-refractivity contribution in [3.05, 3.63) is 0 Å². The number of hydrogen-bond donors (Lipinski definition) is 2. The Morgan fingerprint density at radius 2 is 2.05 bits per heavy atom. The van der Waals surface area contributed by atoms with Crippen LogP contribution < -0.4 is 5.32 Å². The van der Waals surface area contributed by atoms with Gasteiger partial charge >= 0.3 is 0 Å². The number of aliphatic hydroxyl groups is 1. The number of β-amino-alcohol motifs (C(OH)–C–C–N with tert-alkyl or cyclic N) is 1. The van der Waals surface area contributed by atoms with E-state index in [1.54, 1.807) is 7.11 Å². The summed E-state index contributed by atoms with van der Waals surface area (Å²) in [5.74, 6) is 0.291. The fourth-order valence-electron chi connectivity index (χ4n) is 2.47. The molecule has 1 rings (SSSR count). The molecule has 5 heteroatoms. The number of likely N-dealkylation sites (tertiary alicyclic amines) is 1. The SMILES string of the molecule is COCCCNC(=O)C1CCN(CC(C)(C)O)CC1. The summed E-state index contributed by atoms with van der Waals surface area (Å²) in [5.41, 5.74) is -0.657. The topological polar surface area (TPSA) is 61.8 Å². The second-order valence-electron chi connectivity index (χ2n) is 6.00. The lowest BCUT2D eigenvalue weighted by molar-refractivity contribution is -0.126. The van der Waals surface area contributed by atoms with E-state index in [0.29, 0.717) is 19.7 Å². The van der Waals surface area contributed by atoms with E-state index >= 15 is 0 Å². The average Bonchev–Trinajstić information content (AvgIpc) is 2.33. The fraction of sp³-hybridized carbons (Fsp3) is 0.929. The van der Waals surface area contributed by atoms with Crippen molar-refractivity contribution in [2.45, 2.75) is 38.7 Å². The molecule has 1 fully saturated rings. The molecular weight excluding hydrogens is 244 g/mol. The third-order valence-corrected chi connectivity index (χ3v) is 3.39. The molecule has 0 spiro atoms. The van der Waals surface area contributed by atoms with Crippen LogP contribution >= 0.6 is 0 Å². The van der Waals surface area contributed by atoms with Crippen LogP contribution in [0.25, 0.3) is 0 Å². The highest BCUT2D eigenvalue weighted by Gasteiger charge is 2.27. The molecule has 5 nitrogen and oxygen atoms in total. The minimum absolute atomic E-state index is 0.126. The predicted octanol–water partition coefficient (Wildman–Crippen LogP) is 0.622. The fourth-order valence-corrected chi connectivity index (χ4v) is 2.47. The van der Waals surface area contributed by atoms with Crippen LogP contribution in [0.2, 0.25) is 0 Å². The Morgan fingerprint density at radius 1 is 1.42 bits per heavy atom. The second-order valence-corrected chi connectivity index (χ2v) is 6.00. The molecule has 1 aliphatic heterocycles. The summed E-state index contributed by atoms with van der Waals surface area (Å²) >= 11 is 0. The molecule has 0 saturated carbocycles. The van der Waals surface area contributed by atoms with Crippen molar-refractivity contribution >= 4 is 5.91 Å². The van der Waals surface area contributed by atoms with Gasteiger partial charge in [0.05, 0.1) is 5.60 Å². The van der Waals surface area contributed by atoms with Crippen LogP contribution in [-0.2, 0) is 9.53 Å². The first kappa shape index (κ1) is 16.4. The lowest BCUT2D eigenvalue weighted by Crippen LogP contribution is -2.45. The van der Waals surface area contributed by atoms with Crippen LogP contribution in [0, 0.1) is 5.92 Å². The standard InChI is InChI=1S/C14H28N2O3/c1-14(2,18)11-16-8-5-12(6-9-16)13(17)15-7-4-10-19-3/h12,18H,4-11H2,1-3H3,(H,15,17). The number of rotatable bonds is 7. The van der Waals surface area contributed by atoms with E-state index < -0.39 is 5.60 Å². The molecule has 112 valence electrons. The van der Waals surface area contributed by atoms with E-state index in [1.807, 2.05) is 13.8 Å². The molecular formula is C14H28N2O3. The summed E-state index contributed by atoms with van der Waals surface area (Å²) < 4.78 is 4.95. The molecule has 0 unspecified atom stereocenters. The summed E-state index contributed by atoms with van der Waals surface area (Å²) in [6.07, 6.45) is 2.62. The molecule has 19 heavy (non-hydrogen) atoms. The van der Waals surface area contributed by atoms with Gasteiger partial charge in [0.15, 0.2) is 0 Å². The minimum Gasteiger partial charge on any atom is -0.389 e. The third-order valence-electron chi connectivity index (χ3n) is 3.39. The van der Waals surface area contributed by atoms with Gasteiger partial charge in [-0.25, -0.2) is 0 Å². The number of hydrogen-bond acceptors (Lipinski definition) is 4. The summed E-state index contributed by atoms with van der Waals surface area (Å²) in [7, 11) is 1.67. The van der Waals surface area contributed by atoms with Crippen molar-refractivity contribution in [1.82, 2.24) is 10.2 Å². The number of methoxy groups -OCH3 is 1. The zero-order valence-electron chi connectivity index (χ0n) is 12.4. The zero-order valence-corrected chi connectivity index (χ0v) is 12.4. The number of nitrogens with one attached hydrogen (secondary N) is 1. The highest BCUT2D eigenvalue weighted by molar-refractivity contribution is 5.78. The van der Waals surface area contributed by atoms with Crippen molar-refractivity contribution in [3.8, 4) is 0 Å².